The van der Waals surface area contributed by atoms with Gasteiger partial charge < -0.3 is 20.2 Å². The first-order valence-electron chi connectivity index (χ1n) is 8.31. The second-order valence-corrected chi connectivity index (χ2v) is 6.76. The van der Waals surface area contributed by atoms with Crippen molar-refractivity contribution in [3.8, 4) is 0 Å². The third-order valence-electron chi connectivity index (χ3n) is 4.70. The van der Waals surface area contributed by atoms with Crippen LogP contribution in [0.25, 0.3) is 0 Å². The lowest BCUT2D eigenvalue weighted by Crippen LogP contribution is -2.55. The van der Waals surface area contributed by atoms with E-state index in [-0.39, 0.29) is 18.5 Å². The van der Waals surface area contributed by atoms with Crippen LogP contribution in [0, 0.1) is 5.92 Å². The number of carbonyl (C=O) groups is 3. The van der Waals surface area contributed by atoms with Crippen molar-refractivity contribution in [3.63, 3.8) is 0 Å². The highest BCUT2D eigenvalue weighted by Gasteiger charge is 2.35. The van der Waals surface area contributed by atoms with Crippen LogP contribution in [0.4, 0.5) is 10.5 Å². The van der Waals surface area contributed by atoms with Crippen LogP contribution in [0.3, 0.4) is 0 Å². The van der Waals surface area contributed by atoms with Crippen molar-refractivity contribution in [2.45, 2.75) is 25.3 Å². The van der Waals surface area contributed by atoms with Crippen molar-refractivity contribution >= 4 is 35.2 Å². The van der Waals surface area contributed by atoms with Crippen molar-refractivity contribution in [1.29, 1.82) is 0 Å². The van der Waals surface area contributed by atoms with Crippen LogP contribution in [0.1, 0.15) is 19.3 Å². The first kappa shape index (κ1) is 17.5. The predicted octanol–water partition coefficient (Wildman–Crippen LogP) is 1.95. The maximum atomic E-state index is 12.7. The van der Waals surface area contributed by atoms with Crippen molar-refractivity contribution in [2.24, 2.45) is 5.92 Å². The SMILES string of the molecule is O=C(O)C1CCN(C(=O)NC2CCCN(c3ccccc3Cl)C2=O)C1. The van der Waals surface area contributed by atoms with E-state index in [1.807, 2.05) is 6.07 Å². The van der Waals surface area contributed by atoms with E-state index >= 15 is 0 Å². The highest BCUT2D eigenvalue weighted by Crippen LogP contribution is 2.28. The molecule has 2 heterocycles. The number of anilines is 1. The van der Waals surface area contributed by atoms with E-state index in [4.69, 9.17) is 16.7 Å². The molecule has 7 nitrogen and oxygen atoms in total. The average molecular weight is 366 g/mol. The first-order valence-corrected chi connectivity index (χ1v) is 8.69. The van der Waals surface area contributed by atoms with Gasteiger partial charge in [-0.05, 0) is 31.4 Å². The fourth-order valence-electron chi connectivity index (χ4n) is 3.31. The van der Waals surface area contributed by atoms with Gasteiger partial charge in [0.2, 0.25) is 5.91 Å². The standard InChI is InChI=1S/C17H20ClN3O4/c18-12-4-1-2-6-14(12)21-8-3-5-13(15(21)22)19-17(25)20-9-7-11(10-20)16(23)24/h1-2,4,6,11,13H,3,5,7-10H2,(H,19,25)(H,23,24). The van der Waals surface area contributed by atoms with Gasteiger partial charge in [-0.3, -0.25) is 9.59 Å². The van der Waals surface area contributed by atoms with Gasteiger partial charge in [0.15, 0.2) is 0 Å². The largest absolute Gasteiger partial charge is 0.481 e. The molecule has 0 radical (unpaired) electrons. The summed E-state index contributed by atoms with van der Waals surface area (Å²) in [5.74, 6) is -1.62. The van der Waals surface area contributed by atoms with E-state index in [9.17, 15) is 14.4 Å². The molecule has 2 N–H and O–H groups in total. The van der Waals surface area contributed by atoms with Gasteiger partial charge in [0.1, 0.15) is 6.04 Å². The maximum Gasteiger partial charge on any atom is 0.318 e. The van der Waals surface area contributed by atoms with Gasteiger partial charge in [0.05, 0.1) is 16.6 Å². The van der Waals surface area contributed by atoms with Crippen LogP contribution < -0.4 is 10.2 Å². The fraction of sp³-hybridized carbons (Fsp3) is 0.471. The zero-order chi connectivity index (χ0) is 18.0. The van der Waals surface area contributed by atoms with E-state index in [2.05, 4.69) is 5.32 Å². The zero-order valence-electron chi connectivity index (χ0n) is 13.7. The van der Waals surface area contributed by atoms with Crippen LogP contribution in [-0.2, 0) is 9.59 Å². The highest BCUT2D eigenvalue weighted by atomic mass is 35.5. The summed E-state index contributed by atoms with van der Waals surface area (Å²) in [6.07, 6.45) is 1.74. The normalized spacial score (nSPS) is 23.6. The molecule has 3 amide bonds. The molecule has 2 saturated heterocycles. The molecule has 2 unspecified atom stereocenters. The number of para-hydroxylation sites is 1. The van der Waals surface area contributed by atoms with Gasteiger partial charge in [0, 0.05) is 19.6 Å². The Kier molecular flexibility index (Phi) is 5.13. The molecule has 134 valence electrons. The molecule has 0 spiro atoms. The molecule has 0 aliphatic carbocycles. The number of likely N-dealkylation sites (tertiary alicyclic amines) is 1. The molecule has 0 bridgehead atoms. The van der Waals surface area contributed by atoms with Crippen molar-refractivity contribution in [1.82, 2.24) is 10.2 Å². The number of carboxylic acid groups (broad SMARTS) is 1. The van der Waals surface area contributed by atoms with Crippen molar-refractivity contribution < 1.29 is 19.5 Å². The molecule has 2 atom stereocenters. The van der Waals surface area contributed by atoms with Crippen LogP contribution in [0.2, 0.25) is 5.02 Å². The number of halogens is 1. The Hall–Kier alpha value is -2.28. The molecule has 0 aromatic heterocycles. The van der Waals surface area contributed by atoms with Crippen LogP contribution in [-0.4, -0.2) is 53.6 Å². The molecule has 8 heteroatoms. The summed E-state index contributed by atoms with van der Waals surface area (Å²) < 4.78 is 0. The number of benzene rings is 1. The van der Waals surface area contributed by atoms with Gasteiger partial charge in [-0.25, -0.2) is 4.79 Å². The van der Waals surface area contributed by atoms with Gasteiger partial charge in [0.25, 0.3) is 0 Å². The summed E-state index contributed by atoms with van der Waals surface area (Å²) in [6, 6.07) is 6.11. The fourth-order valence-corrected chi connectivity index (χ4v) is 3.54. The Morgan fingerprint density at radius 1 is 1.20 bits per heavy atom. The van der Waals surface area contributed by atoms with Gasteiger partial charge in [-0.1, -0.05) is 23.7 Å². The number of aliphatic carboxylic acids is 1. The summed E-state index contributed by atoms with van der Waals surface area (Å²) in [4.78, 5) is 39.2. The molecule has 1 aromatic rings. The predicted molar refractivity (Wildman–Crippen MR) is 92.7 cm³/mol. The highest BCUT2D eigenvalue weighted by molar-refractivity contribution is 6.33. The quantitative estimate of drug-likeness (QED) is 0.856. The third kappa shape index (κ3) is 3.71. The number of hydrogen-bond donors (Lipinski definition) is 2. The molecule has 2 fully saturated rings. The minimum atomic E-state index is -0.895. The van der Waals surface area contributed by atoms with Crippen LogP contribution >= 0.6 is 11.6 Å². The summed E-state index contributed by atoms with van der Waals surface area (Å²) in [5, 5.41) is 12.3. The van der Waals surface area contributed by atoms with E-state index in [0.29, 0.717) is 36.6 Å². The van der Waals surface area contributed by atoms with E-state index < -0.39 is 17.9 Å². The number of urea groups is 1. The lowest BCUT2D eigenvalue weighted by atomic mass is 10.0. The minimum Gasteiger partial charge on any atom is -0.481 e. The van der Waals surface area contributed by atoms with Gasteiger partial charge in [-0.15, -0.1) is 0 Å². The Morgan fingerprint density at radius 2 is 1.96 bits per heavy atom. The molecule has 3 rings (SSSR count). The second kappa shape index (κ2) is 7.31. The molecule has 2 aliphatic heterocycles. The van der Waals surface area contributed by atoms with Crippen LogP contribution in [0.15, 0.2) is 24.3 Å². The Labute approximate surface area is 150 Å². The summed E-state index contributed by atoms with van der Waals surface area (Å²) >= 11 is 6.18. The monoisotopic (exact) mass is 365 g/mol. The number of hydrogen-bond acceptors (Lipinski definition) is 3. The Balaban J connectivity index is 1.65. The average Bonchev–Trinajstić information content (AvgIpc) is 3.08. The lowest BCUT2D eigenvalue weighted by Gasteiger charge is -2.33. The first-order chi connectivity index (χ1) is 12.0. The number of nitrogens with zero attached hydrogens (tertiary/aromatic N) is 2. The lowest BCUT2D eigenvalue weighted by molar-refractivity contribution is -0.141. The molecule has 2 aliphatic rings. The van der Waals surface area contributed by atoms with Gasteiger partial charge >= 0.3 is 12.0 Å². The number of nitrogens with one attached hydrogen (secondary N) is 1. The van der Waals surface area contributed by atoms with E-state index in [1.54, 1.807) is 23.1 Å². The molecule has 1 aromatic carbocycles. The number of amides is 3. The number of rotatable bonds is 3. The Morgan fingerprint density at radius 3 is 2.64 bits per heavy atom. The van der Waals surface area contributed by atoms with E-state index in [1.165, 1.54) is 4.90 Å². The van der Waals surface area contributed by atoms with Crippen molar-refractivity contribution in [3.05, 3.63) is 29.3 Å². The minimum absolute atomic E-state index is 0.177. The van der Waals surface area contributed by atoms with Crippen LogP contribution in [0.5, 0.6) is 0 Å². The van der Waals surface area contributed by atoms with Gasteiger partial charge in [-0.2, -0.15) is 0 Å². The number of carbonyl (C=O) groups excluding carboxylic acids is 2. The molecule has 25 heavy (non-hydrogen) atoms. The maximum absolute atomic E-state index is 12.7. The zero-order valence-corrected chi connectivity index (χ0v) is 14.4. The molecular weight excluding hydrogens is 346 g/mol. The topological polar surface area (TPSA) is 89.9 Å². The molecule has 0 saturated carbocycles. The summed E-state index contributed by atoms with van der Waals surface area (Å²) in [6.45, 7) is 1.12. The third-order valence-corrected chi connectivity index (χ3v) is 5.02. The molecular formula is C17H20ClN3O4. The summed E-state index contributed by atoms with van der Waals surface area (Å²) in [5.41, 5.74) is 0.639. The number of carboxylic acids is 1. The Bertz CT molecular complexity index is 696. The van der Waals surface area contributed by atoms with E-state index in [0.717, 1.165) is 6.42 Å². The van der Waals surface area contributed by atoms with Crippen molar-refractivity contribution in [2.75, 3.05) is 24.5 Å². The number of piperidine rings is 1. The second-order valence-electron chi connectivity index (χ2n) is 6.36. The smallest absolute Gasteiger partial charge is 0.318 e. The summed E-state index contributed by atoms with van der Waals surface area (Å²) in [7, 11) is 0.